The lowest BCUT2D eigenvalue weighted by atomic mass is 10.2. The van der Waals surface area contributed by atoms with Gasteiger partial charge < -0.3 is 10.1 Å². The van der Waals surface area contributed by atoms with Gasteiger partial charge in [-0.1, -0.05) is 0 Å². The van der Waals surface area contributed by atoms with Crippen molar-refractivity contribution in [2.24, 2.45) is 0 Å². The highest BCUT2D eigenvalue weighted by Crippen LogP contribution is 2.06. The van der Waals surface area contributed by atoms with E-state index in [9.17, 15) is 0 Å². The summed E-state index contributed by atoms with van der Waals surface area (Å²) >= 11 is 0. The van der Waals surface area contributed by atoms with Crippen LogP contribution in [0.1, 0.15) is 13.3 Å². The molecule has 2 saturated heterocycles. The quantitative estimate of drug-likeness (QED) is 0.735. The Morgan fingerprint density at radius 3 is 2.75 bits per heavy atom. The van der Waals surface area contributed by atoms with E-state index in [4.69, 9.17) is 4.74 Å². The first-order valence-corrected chi connectivity index (χ1v) is 6.61. The molecule has 0 saturated carbocycles. The van der Waals surface area contributed by atoms with E-state index in [0.29, 0.717) is 0 Å². The summed E-state index contributed by atoms with van der Waals surface area (Å²) in [7, 11) is 0. The van der Waals surface area contributed by atoms with E-state index in [1.165, 1.54) is 32.6 Å². The van der Waals surface area contributed by atoms with Gasteiger partial charge in [0.1, 0.15) is 0 Å². The number of rotatable bonds is 3. The molecule has 2 aliphatic heterocycles. The Hall–Kier alpha value is -0.160. The lowest BCUT2D eigenvalue weighted by Gasteiger charge is -2.31. The van der Waals surface area contributed by atoms with Gasteiger partial charge in [0, 0.05) is 45.3 Å². The fourth-order valence-electron chi connectivity index (χ4n) is 2.49. The first kappa shape index (κ1) is 12.3. The van der Waals surface area contributed by atoms with Crippen molar-refractivity contribution in [3.05, 3.63) is 0 Å². The summed E-state index contributed by atoms with van der Waals surface area (Å²) in [5.74, 6) is 0. The topological polar surface area (TPSA) is 27.7 Å². The van der Waals surface area contributed by atoms with Gasteiger partial charge in [0.2, 0.25) is 0 Å². The predicted octanol–water partition coefficient (Wildman–Crippen LogP) is 0.00240. The molecule has 94 valence electrons. The highest BCUT2D eigenvalue weighted by molar-refractivity contribution is 4.75. The van der Waals surface area contributed by atoms with Crippen LogP contribution in [0.15, 0.2) is 0 Å². The molecule has 1 N–H and O–H groups in total. The van der Waals surface area contributed by atoms with Crippen LogP contribution in [0.25, 0.3) is 0 Å². The molecule has 0 aromatic rings. The van der Waals surface area contributed by atoms with Crippen LogP contribution < -0.4 is 5.32 Å². The summed E-state index contributed by atoms with van der Waals surface area (Å²) in [4.78, 5) is 5.14. The molecular formula is C12H25N3O. The fourth-order valence-corrected chi connectivity index (χ4v) is 2.49. The number of morpholine rings is 1. The molecule has 2 rings (SSSR count). The number of nitrogens with zero attached hydrogens (tertiary/aromatic N) is 2. The highest BCUT2D eigenvalue weighted by atomic mass is 16.5. The largest absolute Gasteiger partial charge is 0.379 e. The third kappa shape index (κ3) is 3.70. The molecule has 4 nitrogen and oxygen atoms in total. The summed E-state index contributed by atoms with van der Waals surface area (Å²) in [5.41, 5.74) is 0. The highest BCUT2D eigenvalue weighted by Gasteiger charge is 2.18. The molecule has 4 heteroatoms. The standard InChI is InChI=1S/C12H25N3O/c1-12-2-3-13-4-5-15(12)7-6-14-8-10-16-11-9-14/h12-13H,2-11H2,1H3. The minimum absolute atomic E-state index is 0.732. The maximum Gasteiger partial charge on any atom is 0.0594 e. The van der Waals surface area contributed by atoms with Gasteiger partial charge in [-0.2, -0.15) is 0 Å². The van der Waals surface area contributed by atoms with Gasteiger partial charge in [-0.05, 0) is 19.9 Å². The summed E-state index contributed by atoms with van der Waals surface area (Å²) in [6, 6.07) is 0.732. The van der Waals surface area contributed by atoms with Crippen molar-refractivity contribution in [1.29, 1.82) is 0 Å². The van der Waals surface area contributed by atoms with Crippen LogP contribution in [-0.2, 0) is 4.74 Å². The van der Waals surface area contributed by atoms with E-state index >= 15 is 0 Å². The zero-order valence-electron chi connectivity index (χ0n) is 10.5. The van der Waals surface area contributed by atoms with E-state index in [0.717, 1.165) is 38.9 Å². The molecule has 1 atom stereocenters. The number of nitrogens with one attached hydrogen (secondary N) is 1. The van der Waals surface area contributed by atoms with Gasteiger partial charge in [0.05, 0.1) is 13.2 Å². The molecule has 0 aliphatic carbocycles. The summed E-state index contributed by atoms with van der Waals surface area (Å²) < 4.78 is 5.37. The summed E-state index contributed by atoms with van der Waals surface area (Å²) in [6.07, 6.45) is 1.28. The summed E-state index contributed by atoms with van der Waals surface area (Å²) in [6.45, 7) is 12.3. The molecule has 2 aliphatic rings. The van der Waals surface area contributed by atoms with Gasteiger partial charge >= 0.3 is 0 Å². The third-order valence-electron chi connectivity index (χ3n) is 3.75. The minimum Gasteiger partial charge on any atom is -0.379 e. The van der Waals surface area contributed by atoms with E-state index in [1.807, 2.05) is 0 Å². The molecule has 0 bridgehead atoms. The van der Waals surface area contributed by atoms with Crippen molar-refractivity contribution >= 4 is 0 Å². The second-order valence-corrected chi connectivity index (χ2v) is 4.88. The van der Waals surface area contributed by atoms with Gasteiger partial charge in [-0.25, -0.2) is 0 Å². The normalized spacial score (nSPS) is 30.2. The number of hydrogen-bond donors (Lipinski definition) is 1. The Morgan fingerprint density at radius 1 is 1.12 bits per heavy atom. The Bertz CT molecular complexity index is 195. The Labute approximate surface area is 98.9 Å². The van der Waals surface area contributed by atoms with Crippen molar-refractivity contribution in [2.45, 2.75) is 19.4 Å². The lowest BCUT2D eigenvalue weighted by molar-refractivity contribution is 0.0317. The monoisotopic (exact) mass is 227 g/mol. The zero-order valence-corrected chi connectivity index (χ0v) is 10.5. The first-order valence-electron chi connectivity index (χ1n) is 6.61. The molecule has 0 aromatic carbocycles. The van der Waals surface area contributed by atoms with Crippen LogP contribution in [0.3, 0.4) is 0 Å². The fraction of sp³-hybridized carbons (Fsp3) is 1.00. The molecule has 16 heavy (non-hydrogen) atoms. The smallest absolute Gasteiger partial charge is 0.0594 e. The molecule has 1 unspecified atom stereocenters. The molecule has 0 aromatic heterocycles. The molecule has 2 fully saturated rings. The lowest BCUT2D eigenvalue weighted by Crippen LogP contribution is -2.44. The third-order valence-corrected chi connectivity index (χ3v) is 3.75. The van der Waals surface area contributed by atoms with Crippen molar-refractivity contribution in [2.75, 3.05) is 59.0 Å². The second kappa shape index (κ2) is 6.55. The van der Waals surface area contributed by atoms with Crippen LogP contribution in [0.5, 0.6) is 0 Å². The van der Waals surface area contributed by atoms with Crippen LogP contribution in [0.4, 0.5) is 0 Å². The SMILES string of the molecule is CC1CCNCCN1CCN1CCOCC1. The molecule has 2 heterocycles. The Balaban J connectivity index is 1.70. The van der Waals surface area contributed by atoms with Gasteiger partial charge in [0.15, 0.2) is 0 Å². The molecule has 0 amide bonds. The first-order chi connectivity index (χ1) is 7.86. The van der Waals surface area contributed by atoms with Crippen molar-refractivity contribution in [1.82, 2.24) is 15.1 Å². The van der Waals surface area contributed by atoms with Crippen LogP contribution >= 0.6 is 0 Å². The second-order valence-electron chi connectivity index (χ2n) is 4.88. The maximum absolute atomic E-state index is 5.37. The van der Waals surface area contributed by atoms with Crippen molar-refractivity contribution in [3.8, 4) is 0 Å². The van der Waals surface area contributed by atoms with E-state index in [2.05, 4.69) is 22.0 Å². The molecule has 0 radical (unpaired) electrons. The Morgan fingerprint density at radius 2 is 1.94 bits per heavy atom. The van der Waals surface area contributed by atoms with E-state index in [-0.39, 0.29) is 0 Å². The summed E-state index contributed by atoms with van der Waals surface area (Å²) in [5, 5.41) is 3.47. The van der Waals surface area contributed by atoms with Gasteiger partial charge in [-0.15, -0.1) is 0 Å². The maximum atomic E-state index is 5.37. The molecule has 0 spiro atoms. The van der Waals surface area contributed by atoms with Gasteiger partial charge in [0.25, 0.3) is 0 Å². The zero-order chi connectivity index (χ0) is 11.2. The van der Waals surface area contributed by atoms with Gasteiger partial charge in [-0.3, -0.25) is 9.80 Å². The van der Waals surface area contributed by atoms with Crippen LogP contribution in [0.2, 0.25) is 0 Å². The molecular weight excluding hydrogens is 202 g/mol. The van der Waals surface area contributed by atoms with Crippen LogP contribution in [0, 0.1) is 0 Å². The number of ether oxygens (including phenoxy) is 1. The average molecular weight is 227 g/mol. The minimum atomic E-state index is 0.732. The number of hydrogen-bond acceptors (Lipinski definition) is 4. The predicted molar refractivity (Wildman–Crippen MR) is 65.8 cm³/mol. The van der Waals surface area contributed by atoms with Crippen molar-refractivity contribution < 1.29 is 4.74 Å². The van der Waals surface area contributed by atoms with E-state index < -0.39 is 0 Å². The van der Waals surface area contributed by atoms with E-state index in [1.54, 1.807) is 0 Å². The Kier molecular flexibility index (Phi) is 5.03. The average Bonchev–Trinajstić information content (AvgIpc) is 2.53. The van der Waals surface area contributed by atoms with Crippen LogP contribution in [-0.4, -0.2) is 74.9 Å². The van der Waals surface area contributed by atoms with Crippen molar-refractivity contribution in [3.63, 3.8) is 0 Å².